The lowest BCUT2D eigenvalue weighted by Gasteiger charge is -2.37. The molecule has 10 heteroatoms. The number of rotatable bonds is 16. The van der Waals surface area contributed by atoms with Crippen molar-refractivity contribution in [3.05, 3.63) is 54.1 Å². The van der Waals surface area contributed by atoms with E-state index < -0.39 is 29.9 Å². The number of hydrogen-bond donors (Lipinski definition) is 4. The van der Waals surface area contributed by atoms with Crippen molar-refractivity contribution in [2.45, 2.75) is 148 Å². The van der Waals surface area contributed by atoms with Gasteiger partial charge in [-0.25, -0.2) is 9.78 Å². The predicted octanol–water partition coefficient (Wildman–Crippen LogP) is 6.58. The second-order valence-electron chi connectivity index (χ2n) is 16.1. The standard InChI is InChI=1S/C40H63N5O5/c1-7-30(27(2)3)23-36(46)32(21-28-15-10-8-11-16-28)33(24-31-25-41-26-42-31)43-37(47)34(22-29-17-12-9-13-18-29)44-38(48)35-19-14-20-45(35)39(49)50-40(4,5)6/h9,12-13,17-18,25-28,30,32-36,46H,7-8,10-11,14-16,19-24H2,1-6H3,(H,41,42)(H,43,47)(H,44,48)/t30-,32-,33-,34-,35+,36-/m0/s1. The maximum absolute atomic E-state index is 14.5. The molecule has 1 aromatic heterocycles. The van der Waals surface area contributed by atoms with Crippen molar-refractivity contribution in [3.63, 3.8) is 0 Å². The van der Waals surface area contributed by atoms with Crippen LogP contribution in [0.1, 0.15) is 117 Å². The first-order chi connectivity index (χ1) is 23.8. The van der Waals surface area contributed by atoms with Crippen LogP contribution < -0.4 is 10.6 Å². The normalized spacial score (nSPS) is 20.2. The van der Waals surface area contributed by atoms with E-state index in [-0.39, 0.29) is 30.2 Å². The van der Waals surface area contributed by atoms with Crippen LogP contribution in [-0.2, 0) is 27.2 Å². The lowest BCUT2D eigenvalue weighted by Crippen LogP contribution is -2.57. The van der Waals surface area contributed by atoms with Gasteiger partial charge in [-0.05, 0) is 69.8 Å². The number of aromatic nitrogens is 2. The average Bonchev–Trinajstić information content (AvgIpc) is 3.78. The first-order valence-electron chi connectivity index (χ1n) is 19.1. The molecule has 1 aliphatic heterocycles. The minimum Gasteiger partial charge on any atom is -0.444 e. The molecule has 4 rings (SSSR count). The Kier molecular flexibility index (Phi) is 14.8. The molecule has 50 heavy (non-hydrogen) atoms. The van der Waals surface area contributed by atoms with Gasteiger partial charge in [0, 0.05) is 43.2 Å². The molecule has 0 unspecified atom stereocenters. The quantitative estimate of drug-likeness (QED) is 0.157. The van der Waals surface area contributed by atoms with E-state index in [1.54, 1.807) is 33.3 Å². The molecule has 0 bridgehead atoms. The number of ether oxygens (including phenoxy) is 1. The van der Waals surface area contributed by atoms with E-state index in [9.17, 15) is 19.5 Å². The van der Waals surface area contributed by atoms with E-state index in [1.807, 2.05) is 30.3 Å². The highest BCUT2D eigenvalue weighted by Gasteiger charge is 2.39. The zero-order valence-corrected chi connectivity index (χ0v) is 31.3. The fraction of sp³-hybridized carbons (Fsp3) is 0.700. The summed E-state index contributed by atoms with van der Waals surface area (Å²) in [7, 11) is 0. The van der Waals surface area contributed by atoms with Crippen LogP contribution in [0.2, 0.25) is 0 Å². The zero-order valence-electron chi connectivity index (χ0n) is 31.3. The molecule has 0 radical (unpaired) electrons. The number of benzene rings is 1. The topological polar surface area (TPSA) is 137 Å². The second kappa shape index (κ2) is 18.7. The van der Waals surface area contributed by atoms with E-state index in [2.05, 4.69) is 41.4 Å². The van der Waals surface area contributed by atoms with Crippen LogP contribution >= 0.6 is 0 Å². The summed E-state index contributed by atoms with van der Waals surface area (Å²) in [5.74, 6) is 0.452. The number of aromatic amines is 1. The van der Waals surface area contributed by atoms with Crippen molar-refractivity contribution in [2.24, 2.45) is 23.7 Å². The molecule has 1 aromatic carbocycles. The van der Waals surface area contributed by atoms with Gasteiger partial charge in [-0.2, -0.15) is 0 Å². The van der Waals surface area contributed by atoms with Gasteiger partial charge in [0.25, 0.3) is 0 Å². The number of nitrogens with zero attached hydrogens (tertiary/aromatic N) is 2. The molecule has 2 aliphatic rings. The van der Waals surface area contributed by atoms with Crippen molar-refractivity contribution in [1.82, 2.24) is 25.5 Å². The molecule has 278 valence electrons. The molecule has 4 N–H and O–H groups in total. The van der Waals surface area contributed by atoms with Gasteiger partial charge in [0.15, 0.2) is 0 Å². The Labute approximate surface area is 299 Å². The van der Waals surface area contributed by atoms with Crippen LogP contribution in [0.3, 0.4) is 0 Å². The van der Waals surface area contributed by atoms with E-state index in [0.29, 0.717) is 50.0 Å². The SMILES string of the molecule is CC[C@@H](C[C@H](O)[C@@H](CC1CCCCC1)[C@H](Cc1cnc[nH]1)NC(=O)[C@H](Cc1ccccc1)NC(=O)[C@H]1CCCN1C(=O)OC(C)(C)C)C(C)C. The van der Waals surface area contributed by atoms with E-state index in [4.69, 9.17) is 4.74 Å². The fourth-order valence-corrected chi connectivity index (χ4v) is 7.92. The summed E-state index contributed by atoms with van der Waals surface area (Å²) in [6.07, 6.45) is 12.6. The van der Waals surface area contributed by atoms with Crippen LogP contribution in [0.15, 0.2) is 42.9 Å². The number of H-pyrrole nitrogens is 1. The Morgan fingerprint density at radius 3 is 2.36 bits per heavy atom. The number of carbonyl (C=O) groups is 3. The minimum atomic E-state index is -0.887. The summed E-state index contributed by atoms with van der Waals surface area (Å²) < 4.78 is 5.61. The maximum Gasteiger partial charge on any atom is 0.410 e. The summed E-state index contributed by atoms with van der Waals surface area (Å²) in [6.45, 7) is 12.4. The molecule has 0 spiro atoms. The van der Waals surface area contributed by atoms with Crippen molar-refractivity contribution in [2.75, 3.05) is 6.54 Å². The Morgan fingerprint density at radius 1 is 1.02 bits per heavy atom. The van der Waals surface area contributed by atoms with Gasteiger partial charge in [-0.1, -0.05) is 89.6 Å². The summed E-state index contributed by atoms with van der Waals surface area (Å²) in [4.78, 5) is 50.4. The van der Waals surface area contributed by atoms with Gasteiger partial charge in [0.2, 0.25) is 11.8 Å². The summed E-state index contributed by atoms with van der Waals surface area (Å²) >= 11 is 0. The molecular weight excluding hydrogens is 630 g/mol. The first-order valence-corrected chi connectivity index (χ1v) is 19.1. The highest BCUT2D eigenvalue weighted by molar-refractivity contribution is 5.92. The Bertz CT molecular complexity index is 1320. The summed E-state index contributed by atoms with van der Waals surface area (Å²) in [6, 6.07) is 7.67. The van der Waals surface area contributed by atoms with Gasteiger partial charge in [0.05, 0.1) is 12.4 Å². The molecule has 2 heterocycles. The molecular formula is C40H63N5O5. The monoisotopic (exact) mass is 693 g/mol. The van der Waals surface area contributed by atoms with E-state index in [1.165, 1.54) is 24.2 Å². The molecule has 1 aliphatic carbocycles. The fourth-order valence-electron chi connectivity index (χ4n) is 7.92. The average molecular weight is 694 g/mol. The molecule has 1 saturated carbocycles. The number of aliphatic hydroxyl groups excluding tert-OH is 1. The molecule has 2 fully saturated rings. The molecule has 3 amide bonds. The van der Waals surface area contributed by atoms with Crippen molar-refractivity contribution >= 4 is 17.9 Å². The second-order valence-corrected chi connectivity index (χ2v) is 16.1. The third-order valence-electron chi connectivity index (χ3n) is 10.8. The lowest BCUT2D eigenvalue weighted by molar-refractivity contribution is -0.132. The van der Waals surface area contributed by atoms with Gasteiger partial charge < -0.3 is 25.5 Å². The first kappa shape index (κ1) is 39.4. The Balaban J connectivity index is 1.62. The van der Waals surface area contributed by atoms with Gasteiger partial charge >= 0.3 is 6.09 Å². The smallest absolute Gasteiger partial charge is 0.410 e. The largest absolute Gasteiger partial charge is 0.444 e. The van der Waals surface area contributed by atoms with Crippen molar-refractivity contribution < 1.29 is 24.2 Å². The molecule has 2 aromatic rings. The van der Waals surface area contributed by atoms with Crippen LogP contribution in [0.25, 0.3) is 0 Å². The Morgan fingerprint density at radius 2 is 1.74 bits per heavy atom. The number of amides is 3. The van der Waals surface area contributed by atoms with Gasteiger partial charge in [-0.3, -0.25) is 14.5 Å². The summed E-state index contributed by atoms with van der Waals surface area (Å²) in [5, 5.41) is 18.4. The third-order valence-corrected chi connectivity index (χ3v) is 10.8. The van der Waals surface area contributed by atoms with Crippen molar-refractivity contribution in [1.29, 1.82) is 0 Å². The van der Waals surface area contributed by atoms with Crippen molar-refractivity contribution in [3.8, 4) is 0 Å². The lowest BCUT2D eigenvalue weighted by atomic mass is 9.74. The minimum absolute atomic E-state index is 0.177. The Hall–Kier alpha value is -3.40. The van der Waals surface area contributed by atoms with Crippen LogP contribution in [-0.4, -0.2) is 74.3 Å². The van der Waals surface area contributed by atoms with E-state index >= 15 is 0 Å². The number of imidazole rings is 1. The van der Waals surface area contributed by atoms with Crippen LogP contribution in [0, 0.1) is 23.7 Å². The molecule has 10 nitrogen and oxygen atoms in total. The number of likely N-dealkylation sites (tertiary alicyclic amines) is 1. The number of carbonyl (C=O) groups excluding carboxylic acids is 3. The van der Waals surface area contributed by atoms with Gasteiger partial charge in [0.1, 0.15) is 17.7 Å². The predicted molar refractivity (Wildman–Crippen MR) is 196 cm³/mol. The number of hydrogen-bond acceptors (Lipinski definition) is 6. The zero-order chi connectivity index (χ0) is 36.3. The van der Waals surface area contributed by atoms with E-state index in [0.717, 1.165) is 36.9 Å². The molecule has 1 saturated heterocycles. The number of aliphatic hydroxyl groups is 1. The van der Waals surface area contributed by atoms with Crippen LogP contribution in [0.4, 0.5) is 4.79 Å². The number of nitrogens with one attached hydrogen (secondary N) is 3. The highest BCUT2D eigenvalue weighted by atomic mass is 16.6. The van der Waals surface area contributed by atoms with Crippen LogP contribution in [0.5, 0.6) is 0 Å². The highest BCUT2D eigenvalue weighted by Crippen LogP contribution is 2.35. The third kappa shape index (κ3) is 11.8. The maximum atomic E-state index is 14.5. The summed E-state index contributed by atoms with van der Waals surface area (Å²) in [5.41, 5.74) is 1.11. The van der Waals surface area contributed by atoms with Gasteiger partial charge in [-0.15, -0.1) is 0 Å². The molecule has 6 atom stereocenters.